The van der Waals surface area contributed by atoms with Crippen LogP contribution in [0.1, 0.15) is 53.7 Å². The largest absolute Gasteiger partial charge is 0.611 e. The van der Waals surface area contributed by atoms with Gasteiger partial charge >= 0.3 is 0 Å². The van der Waals surface area contributed by atoms with Gasteiger partial charge in [0.2, 0.25) is 0 Å². The maximum Gasteiger partial charge on any atom is 0.251 e. The summed E-state index contributed by atoms with van der Waals surface area (Å²) < 4.78 is 40.5. The van der Waals surface area contributed by atoms with Crippen LogP contribution >= 0.6 is 0 Å². The molecule has 1 heterocycles. The molecule has 0 aromatic heterocycles. The van der Waals surface area contributed by atoms with Crippen molar-refractivity contribution in [3.63, 3.8) is 0 Å². The number of carbonyl (C=O) groups excluding carboxylic acids is 1. The number of hydrogen-bond acceptors (Lipinski definition) is 5. The van der Waals surface area contributed by atoms with Gasteiger partial charge in [0, 0.05) is 31.3 Å². The Balaban J connectivity index is 1.51. The van der Waals surface area contributed by atoms with Crippen LogP contribution in [0, 0.1) is 11.6 Å². The number of aliphatic hydroxyl groups is 1. The van der Waals surface area contributed by atoms with Crippen molar-refractivity contribution >= 4 is 22.8 Å². The average Bonchev–Trinajstić information content (AvgIpc) is 2.96. The first-order chi connectivity index (χ1) is 19.8. The van der Waals surface area contributed by atoms with Crippen LogP contribution < -0.4 is 15.5 Å². The third-order valence-electron chi connectivity index (χ3n) is 7.38. The van der Waals surface area contributed by atoms with Crippen LogP contribution in [0.4, 0.5) is 14.5 Å². The van der Waals surface area contributed by atoms with Gasteiger partial charge in [-0.15, -0.1) is 0 Å². The number of hydrogen-bond donors (Lipinski definition) is 3. The summed E-state index contributed by atoms with van der Waals surface area (Å²) in [6, 6.07) is 15.7. The molecule has 220 valence electrons. The Morgan fingerprint density at radius 1 is 1.05 bits per heavy atom. The molecule has 0 radical (unpaired) electrons. The normalized spacial score (nSPS) is 16.2. The van der Waals surface area contributed by atoms with E-state index in [-0.39, 0.29) is 13.0 Å². The summed E-state index contributed by atoms with van der Waals surface area (Å²) in [6.07, 6.45) is 1.92. The maximum atomic E-state index is 13.9. The van der Waals surface area contributed by atoms with Gasteiger partial charge < -0.3 is 25.2 Å². The zero-order valence-corrected chi connectivity index (χ0v) is 24.5. The lowest BCUT2D eigenvalue weighted by Crippen LogP contribution is -2.48. The average molecular weight is 584 g/mol. The van der Waals surface area contributed by atoms with Gasteiger partial charge in [-0.05, 0) is 77.5 Å². The Morgan fingerprint density at radius 3 is 2.54 bits per heavy atom. The van der Waals surface area contributed by atoms with E-state index < -0.39 is 40.9 Å². The van der Waals surface area contributed by atoms with Gasteiger partial charge in [-0.1, -0.05) is 44.5 Å². The van der Waals surface area contributed by atoms with E-state index in [1.165, 1.54) is 17.7 Å². The first-order valence-electron chi connectivity index (χ1n) is 14.3. The number of carbonyl (C=O) groups is 1. The zero-order valence-electron chi connectivity index (χ0n) is 23.7. The number of benzene rings is 3. The highest BCUT2D eigenvalue weighted by molar-refractivity contribution is 7.91. The van der Waals surface area contributed by atoms with Gasteiger partial charge in [0.05, 0.1) is 24.4 Å². The minimum absolute atomic E-state index is 0.0339. The molecule has 0 fully saturated rings. The summed E-state index contributed by atoms with van der Waals surface area (Å²) in [7, 11) is 0. The fraction of sp³-hybridized carbons (Fsp3) is 0.406. The summed E-state index contributed by atoms with van der Waals surface area (Å²) in [5.41, 5.74) is 3.77. The Hall–Kier alpha value is -2.98. The molecule has 4 rings (SSSR count). The molecule has 6 nitrogen and oxygen atoms in total. The van der Waals surface area contributed by atoms with E-state index >= 15 is 0 Å². The number of unbranched alkanes of at least 4 members (excludes halogenated alkanes) is 1. The van der Waals surface area contributed by atoms with Crippen molar-refractivity contribution in [2.75, 3.05) is 30.3 Å². The lowest BCUT2D eigenvalue weighted by Gasteiger charge is -2.32. The van der Waals surface area contributed by atoms with Crippen molar-refractivity contribution in [2.24, 2.45) is 0 Å². The van der Waals surface area contributed by atoms with Crippen LogP contribution in [0.25, 0.3) is 0 Å². The number of nitrogens with one attached hydrogen (secondary N) is 2. The molecule has 3 aromatic rings. The molecular weight excluding hydrogens is 544 g/mol. The summed E-state index contributed by atoms with van der Waals surface area (Å²) in [4.78, 5) is 16.3. The first kappa shape index (κ1) is 31.0. The molecule has 0 bridgehead atoms. The highest BCUT2D eigenvalue weighted by atomic mass is 32.2. The lowest BCUT2D eigenvalue weighted by molar-refractivity contribution is 0.0829. The monoisotopic (exact) mass is 583 g/mol. The van der Waals surface area contributed by atoms with E-state index in [1.807, 2.05) is 12.1 Å². The van der Waals surface area contributed by atoms with Gasteiger partial charge in [0.1, 0.15) is 17.4 Å². The van der Waals surface area contributed by atoms with E-state index in [0.29, 0.717) is 34.9 Å². The molecule has 3 aromatic carbocycles. The molecule has 0 spiro atoms. The highest BCUT2D eigenvalue weighted by Gasteiger charge is 2.29. The molecule has 1 amide bonds. The Morgan fingerprint density at radius 2 is 1.80 bits per heavy atom. The van der Waals surface area contributed by atoms with Crippen LogP contribution in [0.15, 0.2) is 65.6 Å². The maximum absolute atomic E-state index is 13.9. The van der Waals surface area contributed by atoms with E-state index in [4.69, 9.17) is 0 Å². The van der Waals surface area contributed by atoms with Crippen molar-refractivity contribution in [3.8, 4) is 0 Å². The molecule has 41 heavy (non-hydrogen) atoms. The fourth-order valence-electron chi connectivity index (χ4n) is 5.09. The molecule has 0 saturated carbocycles. The Bertz CT molecular complexity index is 1300. The summed E-state index contributed by atoms with van der Waals surface area (Å²) in [5.74, 6) is -1.31. The number of fused-ring (bicyclic) bond motifs is 1. The smallest absolute Gasteiger partial charge is 0.251 e. The van der Waals surface area contributed by atoms with Gasteiger partial charge in [0.15, 0.2) is 4.90 Å². The summed E-state index contributed by atoms with van der Waals surface area (Å²) in [6.45, 7) is 6.35. The second kappa shape index (κ2) is 14.8. The minimum atomic E-state index is -1.13. The van der Waals surface area contributed by atoms with Crippen LogP contribution in [-0.2, 0) is 30.6 Å². The molecule has 9 heteroatoms. The van der Waals surface area contributed by atoms with E-state index in [9.17, 15) is 23.2 Å². The van der Waals surface area contributed by atoms with Crippen LogP contribution in [0.3, 0.4) is 0 Å². The van der Waals surface area contributed by atoms with Crippen molar-refractivity contribution in [2.45, 2.75) is 63.1 Å². The van der Waals surface area contributed by atoms with Crippen LogP contribution in [0.2, 0.25) is 0 Å². The van der Waals surface area contributed by atoms with Gasteiger partial charge in [-0.2, -0.15) is 0 Å². The van der Waals surface area contributed by atoms with Gasteiger partial charge in [-0.25, -0.2) is 8.78 Å². The SMILES string of the molecule is CCCCN1CC[S+]([O-])c2ccc(C(=O)NC(Cc3cc(F)cc(F)c3)C(O)CNCc3cccc(CC)c3)cc21. The van der Waals surface area contributed by atoms with Gasteiger partial charge in [0.25, 0.3) is 5.91 Å². The number of nitrogens with zero attached hydrogens (tertiary/aromatic N) is 1. The Labute approximate surface area is 244 Å². The molecule has 1 aliphatic heterocycles. The van der Waals surface area contributed by atoms with Crippen molar-refractivity contribution in [1.29, 1.82) is 0 Å². The number of anilines is 1. The molecule has 3 unspecified atom stereocenters. The van der Waals surface area contributed by atoms with Crippen LogP contribution in [0.5, 0.6) is 0 Å². The molecule has 3 N–H and O–H groups in total. The highest BCUT2D eigenvalue weighted by Crippen LogP contribution is 2.32. The van der Waals surface area contributed by atoms with E-state index in [0.717, 1.165) is 43.1 Å². The number of aryl methyl sites for hydroxylation is 1. The Kier molecular flexibility index (Phi) is 11.2. The molecule has 0 saturated heterocycles. The number of aliphatic hydroxyl groups excluding tert-OH is 1. The topological polar surface area (TPSA) is 87.7 Å². The zero-order chi connectivity index (χ0) is 29.4. The molecular formula is C32H39F2N3O3S. The fourth-order valence-corrected chi connectivity index (χ4v) is 6.33. The second-order valence-corrected chi connectivity index (χ2v) is 12.0. The molecule has 3 atom stereocenters. The minimum Gasteiger partial charge on any atom is -0.611 e. The third kappa shape index (κ3) is 8.52. The van der Waals surface area contributed by atoms with E-state index in [1.54, 1.807) is 18.2 Å². The lowest BCUT2D eigenvalue weighted by atomic mass is 10.00. The van der Waals surface area contributed by atoms with Crippen LogP contribution in [-0.4, -0.2) is 53.1 Å². The summed E-state index contributed by atoms with van der Waals surface area (Å²) >= 11 is -1.13. The van der Waals surface area contributed by atoms with E-state index in [2.05, 4.69) is 41.5 Å². The third-order valence-corrected chi connectivity index (χ3v) is 8.77. The summed E-state index contributed by atoms with van der Waals surface area (Å²) in [5, 5.41) is 17.3. The second-order valence-electron chi connectivity index (χ2n) is 10.5. The molecule has 1 aliphatic rings. The number of halogens is 2. The van der Waals surface area contributed by atoms with Crippen molar-refractivity contribution in [3.05, 3.63) is 94.6 Å². The predicted octanol–water partition coefficient (Wildman–Crippen LogP) is 4.75. The number of rotatable bonds is 13. The first-order valence-corrected chi connectivity index (χ1v) is 15.6. The van der Waals surface area contributed by atoms with Gasteiger partial charge in [-0.3, -0.25) is 4.79 Å². The van der Waals surface area contributed by atoms with Crippen molar-refractivity contribution in [1.82, 2.24) is 10.6 Å². The quantitative estimate of drug-likeness (QED) is 0.253. The predicted molar refractivity (Wildman–Crippen MR) is 160 cm³/mol. The van der Waals surface area contributed by atoms with Crippen molar-refractivity contribution < 1.29 is 23.2 Å². The number of amides is 1. The standard InChI is InChI=1S/C32H39F2N3O3S/c1-3-5-11-37-12-13-41(40)31-10-9-25(18-29(31)37)32(39)36-28(17-24-15-26(33)19-27(34)16-24)30(38)21-35-20-23-8-6-7-22(4-2)14-23/h6-10,14-16,18-19,28,30,35,38H,3-5,11-13,17,20-21H2,1-2H3,(H,36,39). The molecule has 0 aliphatic carbocycles.